The lowest BCUT2D eigenvalue weighted by Gasteiger charge is -2.34. The molecule has 198 valence electrons. The lowest BCUT2D eigenvalue weighted by Crippen LogP contribution is -2.44. The summed E-state index contributed by atoms with van der Waals surface area (Å²) in [5, 5.41) is 15.8. The standard InChI is InChI=1S/C28H29F3N6O/c1-17-4-3-5-19-20(12-17)26(31)25(14-22(19)29)38-28-21(15-32)27(33-16-34-28)35-18-6-7-24(23(30)13-18)37-10-8-36(2)9-11-37/h6-7,12-14,33,35H,3-5,8-11,16H2,1-2H3. The number of fused-ring (bicyclic) bond motifs is 1. The molecule has 2 N–H and O–H groups in total. The summed E-state index contributed by atoms with van der Waals surface area (Å²) in [4.78, 5) is 8.35. The molecule has 0 atom stereocenters. The van der Waals surface area contributed by atoms with E-state index in [4.69, 9.17) is 4.74 Å². The van der Waals surface area contributed by atoms with E-state index in [0.29, 0.717) is 23.4 Å². The number of aliphatic imine (C=N–C) groups is 1. The lowest BCUT2D eigenvalue weighted by atomic mass is 10.0. The average molecular weight is 523 g/mol. The molecule has 2 aromatic carbocycles. The molecule has 0 aromatic heterocycles. The zero-order chi connectivity index (χ0) is 26.8. The van der Waals surface area contributed by atoms with Gasteiger partial charge in [0.05, 0.1) is 5.69 Å². The molecule has 1 aliphatic carbocycles. The summed E-state index contributed by atoms with van der Waals surface area (Å²) in [5.41, 5.74) is 2.33. The van der Waals surface area contributed by atoms with Crippen molar-refractivity contribution in [1.29, 1.82) is 5.26 Å². The predicted molar refractivity (Wildman–Crippen MR) is 141 cm³/mol. The van der Waals surface area contributed by atoms with Gasteiger partial charge >= 0.3 is 0 Å². The minimum absolute atomic E-state index is 0.0265. The Labute approximate surface area is 219 Å². The van der Waals surface area contributed by atoms with Crippen molar-refractivity contribution in [2.24, 2.45) is 4.99 Å². The normalized spacial score (nSPS) is 18.1. The Kier molecular flexibility index (Phi) is 7.29. The predicted octanol–water partition coefficient (Wildman–Crippen LogP) is 4.78. The second-order valence-corrected chi connectivity index (χ2v) is 9.75. The molecule has 5 rings (SSSR count). The van der Waals surface area contributed by atoms with Gasteiger partial charge < -0.3 is 25.2 Å². The van der Waals surface area contributed by atoms with Gasteiger partial charge in [-0.1, -0.05) is 11.6 Å². The number of nitrogens with zero attached hydrogens (tertiary/aromatic N) is 4. The maximum Gasteiger partial charge on any atom is 0.238 e. The molecule has 10 heteroatoms. The largest absolute Gasteiger partial charge is 0.435 e. The number of nitrogens with one attached hydrogen (secondary N) is 2. The molecule has 7 nitrogen and oxygen atoms in total. The van der Waals surface area contributed by atoms with Gasteiger partial charge in [-0.15, -0.1) is 0 Å². The molecule has 1 fully saturated rings. The number of likely N-dealkylation sites (N-methyl/N-ethyl adjacent to an activating group) is 1. The third kappa shape index (κ3) is 5.20. The van der Waals surface area contributed by atoms with Crippen LogP contribution in [0.1, 0.15) is 30.9 Å². The summed E-state index contributed by atoms with van der Waals surface area (Å²) >= 11 is 0. The fourth-order valence-electron chi connectivity index (χ4n) is 4.90. The molecule has 38 heavy (non-hydrogen) atoms. The minimum atomic E-state index is -0.697. The average Bonchev–Trinajstić information content (AvgIpc) is 3.10. The maximum atomic E-state index is 15.4. The van der Waals surface area contributed by atoms with Gasteiger partial charge in [-0.2, -0.15) is 5.26 Å². The number of rotatable bonds is 4. The van der Waals surface area contributed by atoms with Gasteiger partial charge in [0.1, 0.15) is 30.2 Å². The summed E-state index contributed by atoms with van der Waals surface area (Å²) in [7, 11) is 2.04. The van der Waals surface area contributed by atoms with Crippen molar-refractivity contribution < 1.29 is 17.9 Å². The van der Waals surface area contributed by atoms with Crippen molar-refractivity contribution in [3.05, 3.63) is 69.8 Å². The summed E-state index contributed by atoms with van der Waals surface area (Å²) in [6.07, 6.45) is 3.57. The topological polar surface area (TPSA) is 75.9 Å². The van der Waals surface area contributed by atoms with Gasteiger partial charge in [0, 0.05) is 43.5 Å². The van der Waals surface area contributed by atoms with Gasteiger partial charge in [0.2, 0.25) is 5.90 Å². The molecular weight excluding hydrogens is 493 g/mol. The number of ether oxygens (including phenoxy) is 1. The first kappa shape index (κ1) is 25.7. The number of hydrogen-bond acceptors (Lipinski definition) is 7. The van der Waals surface area contributed by atoms with Crippen molar-refractivity contribution in [2.75, 3.05) is 50.1 Å². The van der Waals surface area contributed by atoms with Gasteiger partial charge in [-0.05, 0) is 57.0 Å². The zero-order valence-electron chi connectivity index (χ0n) is 21.4. The van der Waals surface area contributed by atoms with Crippen LogP contribution in [0.25, 0.3) is 6.08 Å². The molecule has 0 spiro atoms. The van der Waals surface area contributed by atoms with E-state index < -0.39 is 11.6 Å². The van der Waals surface area contributed by atoms with Crippen LogP contribution in [-0.2, 0) is 6.42 Å². The highest BCUT2D eigenvalue weighted by molar-refractivity contribution is 6.00. The first-order valence-corrected chi connectivity index (χ1v) is 12.6. The van der Waals surface area contributed by atoms with Crippen LogP contribution in [0, 0.1) is 28.8 Å². The fraction of sp³-hybridized carbons (Fsp3) is 0.357. The fourth-order valence-corrected chi connectivity index (χ4v) is 4.90. The number of benzene rings is 2. The number of halogens is 3. The molecule has 2 aromatic rings. The Balaban J connectivity index is 1.39. The summed E-state index contributed by atoms with van der Waals surface area (Å²) in [5.74, 6) is -1.91. The number of nitriles is 1. The van der Waals surface area contributed by atoms with Gasteiger partial charge in [-0.25, -0.2) is 18.2 Å². The third-order valence-electron chi connectivity index (χ3n) is 7.03. The second kappa shape index (κ2) is 10.8. The number of piperazine rings is 1. The van der Waals surface area contributed by atoms with Crippen molar-refractivity contribution in [3.8, 4) is 11.8 Å². The summed E-state index contributed by atoms with van der Waals surface area (Å²) < 4.78 is 50.9. The van der Waals surface area contributed by atoms with Crippen molar-refractivity contribution in [2.45, 2.75) is 26.2 Å². The van der Waals surface area contributed by atoms with Crippen molar-refractivity contribution in [1.82, 2.24) is 10.2 Å². The van der Waals surface area contributed by atoms with Crippen molar-refractivity contribution in [3.63, 3.8) is 0 Å². The molecule has 0 bridgehead atoms. The van der Waals surface area contributed by atoms with Crippen molar-refractivity contribution >= 4 is 23.3 Å². The molecule has 1 saturated heterocycles. The molecule has 0 radical (unpaired) electrons. The Hall–Kier alpha value is -3.97. The van der Waals surface area contributed by atoms with E-state index in [0.717, 1.165) is 50.7 Å². The number of anilines is 2. The number of hydrogen-bond donors (Lipinski definition) is 2. The Morgan fingerprint density at radius 3 is 2.61 bits per heavy atom. The highest BCUT2D eigenvalue weighted by Gasteiger charge is 2.25. The number of allylic oxidation sites excluding steroid dienone is 1. The molecule has 2 aliphatic heterocycles. The van der Waals surface area contributed by atoms with Crippen LogP contribution in [-0.4, -0.2) is 50.7 Å². The highest BCUT2D eigenvalue weighted by atomic mass is 19.1. The Bertz CT molecular complexity index is 1390. The molecule has 3 aliphatic rings. The van der Waals surface area contributed by atoms with Crippen LogP contribution < -0.4 is 20.3 Å². The van der Waals surface area contributed by atoms with Gasteiger partial charge in [-0.3, -0.25) is 0 Å². The minimum Gasteiger partial charge on any atom is -0.435 e. The molecule has 0 amide bonds. The highest BCUT2D eigenvalue weighted by Crippen LogP contribution is 2.33. The SMILES string of the molecule is CC1=Cc2c(F)c(OC3=NCNC(Nc4ccc(N5CCN(C)CC5)c(F)c4)=C3C#N)cc(F)c2CCC1. The first-order valence-electron chi connectivity index (χ1n) is 12.6. The Morgan fingerprint density at radius 2 is 1.87 bits per heavy atom. The van der Waals surface area contributed by atoms with Gasteiger partial charge in [0.15, 0.2) is 17.1 Å². The quantitative estimate of drug-likeness (QED) is 0.602. The van der Waals surface area contributed by atoms with Crippen LogP contribution >= 0.6 is 0 Å². The van der Waals surface area contributed by atoms with Crippen LogP contribution in [0.2, 0.25) is 0 Å². The molecule has 0 saturated carbocycles. The third-order valence-corrected chi connectivity index (χ3v) is 7.03. The first-order chi connectivity index (χ1) is 18.3. The van der Waals surface area contributed by atoms with E-state index >= 15 is 4.39 Å². The summed E-state index contributed by atoms with van der Waals surface area (Å²) in [6.45, 7) is 5.09. The van der Waals surface area contributed by atoms with E-state index in [2.05, 4.69) is 20.5 Å². The smallest absolute Gasteiger partial charge is 0.238 e. The van der Waals surface area contributed by atoms with Crippen LogP contribution in [0.5, 0.6) is 5.75 Å². The van der Waals surface area contributed by atoms with Crippen LogP contribution in [0.15, 0.2) is 46.2 Å². The summed E-state index contributed by atoms with van der Waals surface area (Å²) in [6, 6.07) is 7.79. The van der Waals surface area contributed by atoms with E-state index in [1.54, 1.807) is 18.2 Å². The zero-order valence-corrected chi connectivity index (χ0v) is 21.4. The van der Waals surface area contributed by atoms with E-state index in [1.807, 2.05) is 24.9 Å². The lowest BCUT2D eigenvalue weighted by molar-refractivity contribution is 0.311. The van der Waals surface area contributed by atoms with Gasteiger partial charge in [0.25, 0.3) is 0 Å². The van der Waals surface area contributed by atoms with E-state index in [9.17, 15) is 14.0 Å². The maximum absolute atomic E-state index is 15.4. The van der Waals surface area contributed by atoms with E-state index in [1.165, 1.54) is 6.07 Å². The Morgan fingerprint density at radius 1 is 1.08 bits per heavy atom. The molecule has 0 unspecified atom stereocenters. The van der Waals surface area contributed by atoms with E-state index in [-0.39, 0.29) is 41.1 Å². The monoisotopic (exact) mass is 522 g/mol. The molecular formula is C28H29F3N6O. The van der Waals surface area contributed by atoms with Crippen LogP contribution in [0.3, 0.4) is 0 Å². The molecule has 2 heterocycles. The van der Waals surface area contributed by atoms with Crippen LogP contribution in [0.4, 0.5) is 24.5 Å². The second-order valence-electron chi connectivity index (χ2n) is 9.75.